The maximum atomic E-state index is 10.9. The second-order valence-corrected chi connectivity index (χ2v) is 4.15. The molecule has 3 N–H and O–H groups in total. The second kappa shape index (κ2) is 6.42. The first kappa shape index (κ1) is 14.4. The van der Waals surface area contributed by atoms with Crippen LogP contribution in [-0.4, -0.2) is 29.5 Å². The van der Waals surface area contributed by atoms with E-state index < -0.39 is 5.97 Å². The Morgan fingerprint density at radius 2 is 2.05 bits per heavy atom. The Kier molecular flexibility index (Phi) is 4.40. The third kappa shape index (κ3) is 3.50. The largest absolute Gasteiger partial charge is 0.507 e. The van der Waals surface area contributed by atoms with Crippen molar-refractivity contribution in [2.75, 3.05) is 12.5 Å². The average molecular weight is 286 g/mol. The van der Waals surface area contributed by atoms with Gasteiger partial charge < -0.3 is 14.9 Å². The SMILES string of the molecule is COc1ccccc1NN=Cc1cc(C(=O)O)ccc1O. The van der Waals surface area contributed by atoms with Crippen LogP contribution < -0.4 is 10.2 Å². The lowest BCUT2D eigenvalue weighted by atomic mass is 10.1. The third-order valence-corrected chi connectivity index (χ3v) is 2.77. The quantitative estimate of drug-likeness (QED) is 0.580. The van der Waals surface area contributed by atoms with Gasteiger partial charge in [-0.05, 0) is 30.3 Å². The third-order valence-electron chi connectivity index (χ3n) is 2.77. The predicted octanol–water partition coefficient (Wildman–Crippen LogP) is 2.55. The van der Waals surface area contributed by atoms with Crippen LogP contribution in [0.15, 0.2) is 47.6 Å². The van der Waals surface area contributed by atoms with E-state index in [1.54, 1.807) is 19.2 Å². The van der Waals surface area contributed by atoms with E-state index in [1.165, 1.54) is 24.4 Å². The van der Waals surface area contributed by atoms with Crippen LogP contribution in [0.5, 0.6) is 11.5 Å². The number of hydrazone groups is 1. The minimum atomic E-state index is -1.07. The number of ether oxygens (including phenoxy) is 1. The Labute approximate surface area is 121 Å². The number of phenolic OH excluding ortho intramolecular Hbond substituents is 1. The molecule has 0 bridgehead atoms. The number of methoxy groups -OCH3 is 1. The fourth-order valence-electron chi connectivity index (χ4n) is 1.70. The van der Waals surface area contributed by atoms with Gasteiger partial charge in [0, 0.05) is 5.56 Å². The van der Waals surface area contributed by atoms with Crippen molar-refractivity contribution in [2.24, 2.45) is 5.10 Å². The van der Waals surface area contributed by atoms with Crippen molar-refractivity contribution in [3.63, 3.8) is 0 Å². The zero-order valence-electron chi connectivity index (χ0n) is 11.3. The standard InChI is InChI=1S/C15H14N2O4/c1-21-14-5-3-2-4-12(14)17-16-9-11-8-10(15(19)20)6-7-13(11)18/h2-9,17-18H,1H3,(H,19,20). The van der Waals surface area contributed by atoms with E-state index in [2.05, 4.69) is 10.5 Å². The van der Waals surface area contributed by atoms with Crippen LogP contribution in [0.25, 0.3) is 0 Å². The van der Waals surface area contributed by atoms with Gasteiger partial charge >= 0.3 is 5.97 Å². The van der Waals surface area contributed by atoms with Crippen LogP contribution >= 0.6 is 0 Å². The van der Waals surface area contributed by atoms with Crippen LogP contribution in [0, 0.1) is 0 Å². The van der Waals surface area contributed by atoms with Gasteiger partial charge in [0.2, 0.25) is 0 Å². The number of benzene rings is 2. The van der Waals surface area contributed by atoms with Gasteiger partial charge in [-0.3, -0.25) is 5.43 Å². The zero-order valence-corrected chi connectivity index (χ0v) is 11.3. The molecule has 0 aliphatic carbocycles. The summed E-state index contributed by atoms with van der Waals surface area (Å²) in [5.74, 6) is -0.494. The smallest absolute Gasteiger partial charge is 0.335 e. The van der Waals surface area contributed by atoms with Crippen molar-refractivity contribution in [2.45, 2.75) is 0 Å². The molecule has 2 aromatic carbocycles. The molecule has 0 saturated carbocycles. The van der Waals surface area contributed by atoms with E-state index in [-0.39, 0.29) is 11.3 Å². The second-order valence-electron chi connectivity index (χ2n) is 4.15. The first-order valence-corrected chi connectivity index (χ1v) is 6.10. The fraction of sp³-hybridized carbons (Fsp3) is 0.0667. The molecule has 0 fully saturated rings. The summed E-state index contributed by atoms with van der Waals surface area (Å²) in [7, 11) is 1.55. The molecule has 2 rings (SSSR count). The Balaban J connectivity index is 2.18. The highest BCUT2D eigenvalue weighted by atomic mass is 16.5. The fourth-order valence-corrected chi connectivity index (χ4v) is 1.70. The van der Waals surface area contributed by atoms with Crippen LogP contribution in [0.4, 0.5) is 5.69 Å². The topological polar surface area (TPSA) is 91.2 Å². The maximum absolute atomic E-state index is 10.9. The van der Waals surface area contributed by atoms with Gasteiger partial charge in [-0.15, -0.1) is 0 Å². The van der Waals surface area contributed by atoms with Crippen molar-refractivity contribution >= 4 is 17.9 Å². The molecule has 6 heteroatoms. The van der Waals surface area contributed by atoms with Crippen molar-refractivity contribution in [1.82, 2.24) is 0 Å². The van der Waals surface area contributed by atoms with Gasteiger partial charge in [0.15, 0.2) is 0 Å². The molecule has 0 atom stereocenters. The summed E-state index contributed by atoms with van der Waals surface area (Å²) in [6.07, 6.45) is 1.34. The highest BCUT2D eigenvalue weighted by molar-refractivity contribution is 5.92. The number of hydrogen-bond acceptors (Lipinski definition) is 5. The van der Waals surface area contributed by atoms with E-state index in [1.807, 2.05) is 12.1 Å². The average Bonchev–Trinajstić information content (AvgIpc) is 2.49. The minimum Gasteiger partial charge on any atom is -0.507 e. The molecule has 0 spiro atoms. The molecule has 0 amide bonds. The van der Waals surface area contributed by atoms with Gasteiger partial charge in [0.05, 0.1) is 24.6 Å². The number of para-hydroxylation sites is 2. The van der Waals surface area contributed by atoms with Crippen LogP contribution in [0.1, 0.15) is 15.9 Å². The Hall–Kier alpha value is -3.02. The molecular weight excluding hydrogens is 272 g/mol. The van der Waals surface area contributed by atoms with Gasteiger partial charge in [-0.1, -0.05) is 12.1 Å². The van der Waals surface area contributed by atoms with Crippen molar-refractivity contribution in [1.29, 1.82) is 0 Å². The van der Waals surface area contributed by atoms with Gasteiger partial charge in [-0.25, -0.2) is 4.79 Å². The van der Waals surface area contributed by atoms with Crippen molar-refractivity contribution in [3.8, 4) is 11.5 Å². The van der Waals surface area contributed by atoms with Crippen LogP contribution in [0.2, 0.25) is 0 Å². The molecule has 2 aromatic rings. The molecule has 0 unspecified atom stereocenters. The van der Waals surface area contributed by atoms with Crippen molar-refractivity contribution < 1.29 is 19.7 Å². The molecule has 0 saturated heterocycles. The van der Waals surface area contributed by atoms with Gasteiger partial charge in [-0.2, -0.15) is 5.10 Å². The van der Waals surface area contributed by atoms with Crippen LogP contribution in [-0.2, 0) is 0 Å². The Morgan fingerprint density at radius 3 is 2.76 bits per heavy atom. The summed E-state index contributed by atoms with van der Waals surface area (Å²) < 4.78 is 5.16. The number of rotatable bonds is 5. The first-order chi connectivity index (χ1) is 10.1. The summed E-state index contributed by atoms with van der Waals surface area (Å²) in [6.45, 7) is 0. The number of aromatic carboxylic acids is 1. The molecule has 6 nitrogen and oxygen atoms in total. The molecular formula is C15H14N2O4. The summed E-state index contributed by atoms with van der Waals surface area (Å²) >= 11 is 0. The van der Waals surface area contributed by atoms with E-state index in [9.17, 15) is 9.90 Å². The zero-order chi connectivity index (χ0) is 15.2. The molecule has 0 radical (unpaired) electrons. The lowest BCUT2D eigenvalue weighted by Crippen LogP contribution is -1.98. The minimum absolute atomic E-state index is 0.0504. The van der Waals surface area contributed by atoms with Gasteiger partial charge in [0.25, 0.3) is 0 Å². The molecule has 0 aromatic heterocycles. The molecule has 0 heterocycles. The van der Waals surface area contributed by atoms with Crippen LogP contribution in [0.3, 0.4) is 0 Å². The van der Waals surface area contributed by atoms with E-state index in [4.69, 9.17) is 9.84 Å². The normalized spacial score (nSPS) is 10.5. The molecule has 0 aliphatic heterocycles. The van der Waals surface area contributed by atoms with E-state index >= 15 is 0 Å². The summed E-state index contributed by atoms with van der Waals surface area (Å²) in [5, 5.41) is 22.6. The highest BCUT2D eigenvalue weighted by Crippen LogP contribution is 2.23. The lowest BCUT2D eigenvalue weighted by molar-refractivity contribution is 0.0697. The Bertz CT molecular complexity index is 683. The number of carboxylic acid groups (broad SMARTS) is 1. The predicted molar refractivity (Wildman–Crippen MR) is 79.3 cm³/mol. The summed E-state index contributed by atoms with van der Waals surface area (Å²) in [5.41, 5.74) is 3.81. The van der Waals surface area contributed by atoms with Gasteiger partial charge in [0.1, 0.15) is 11.5 Å². The molecule has 108 valence electrons. The highest BCUT2D eigenvalue weighted by Gasteiger charge is 2.06. The van der Waals surface area contributed by atoms with Crippen molar-refractivity contribution in [3.05, 3.63) is 53.6 Å². The summed E-state index contributed by atoms with van der Waals surface area (Å²) in [4.78, 5) is 10.9. The number of aromatic hydroxyl groups is 1. The Morgan fingerprint density at radius 1 is 1.29 bits per heavy atom. The summed E-state index contributed by atoms with van der Waals surface area (Å²) in [6, 6.07) is 11.2. The number of carbonyl (C=O) groups is 1. The number of nitrogens with zero attached hydrogens (tertiary/aromatic N) is 1. The van der Waals surface area contributed by atoms with E-state index in [0.717, 1.165) is 0 Å². The maximum Gasteiger partial charge on any atom is 0.335 e. The molecule has 21 heavy (non-hydrogen) atoms. The molecule has 0 aliphatic rings. The monoisotopic (exact) mass is 286 g/mol. The number of carboxylic acids is 1. The first-order valence-electron chi connectivity index (χ1n) is 6.10. The number of hydrogen-bond donors (Lipinski definition) is 3. The van der Waals surface area contributed by atoms with E-state index in [0.29, 0.717) is 17.0 Å². The number of nitrogens with one attached hydrogen (secondary N) is 1. The number of phenols is 1. The number of anilines is 1. The lowest BCUT2D eigenvalue weighted by Gasteiger charge is -2.06.